The number of thioether (sulfide) groups is 1. The van der Waals surface area contributed by atoms with Gasteiger partial charge in [-0.3, -0.25) is 0 Å². The normalized spacial score (nSPS) is 18.0. The summed E-state index contributed by atoms with van der Waals surface area (Å²) >= 11 is 1.99. The van der Waals surface area contributed by atoms with Crippen LogP contribution < -0.4 is 10.2 Å². The van der Waals surface area contributed by atoms with E-state index in [0.29, 0.717) is 13.2 Å². The lowest BCUT2D eigenvalue weighted by Crippen LogP contribution is -2.43. The number of benzene rings is 1. The SMILES string of the molecule is COCCNCc1c(F)cccc1N1CCSC(C)(C)C1. The lowest BCUT2D eigenvalue weighted by Gasteiger charge is -2.39. The zero-order valence-corrected chi connectivity index (χ0v) is 13.9. The first-order valence-electron chi connectivity index (χ1n) is 7.39. The van der Waals surface area contributed by atoms with Crippen molar-refractivity contribution in [1.82, 2.24) is 5.32 Å². The van der Waals surface area contributed by atoms with Crippen LogP contribution in [0.3, 0.4) is 0 Å². The van der Waals surface area contributed by atoms with E-state index < -0.39 is 0 Å². The monoisotopic (exact) mass is 312 g/mol. The van der Waals surface area contributed by atoms with E-state index in [9.17, 15) is 4.39 Å². The summed E-state index contributed by atoms with van der Waals surface area (Å²) in [6.07, 6.45) is 0. The first kappa shape index (κ1) is 16.6. The van der Waals surface area contributed by atoms with Gasteiger partial charge in [-0.1, -0.05) is 6.07 Å². The molecule has 1 saturated heterocycles. The quantitative estimate of drug-likeness (QED) is 0.816. The van der Waals surface area contributed by atoms with Crippen molar-refractivity contribution < 1.29 is 9.13 Å². The van der Waals surface area contributed by atoms with Crippen molar-refractivity contribution in [2.75, 3.05) is 44.0 Å². The average Bonchev–Trinajstić information content (AvgIpc) is 2.43. The number of nitrogens with one attached hydrogen (secondary N) is 1. The van der Waals surface area contributed by atoms with Crippen molar-refractivity contribution in [3.05, 3.63) is 29.6 Å². The molecule has 5 heteroatoms. The molecule has 118 valence electrons. The Morgan fingerprint density at radius 3 is 2.95 bits per heavy atom. The molecule has 1 aromatic rings. The molecule has 0 atom stereocenters. The predicted octanol–water partition coefficient (Wildman–Crippen LogP) is 2.89. The number of rotatable bonds is 6. The third-order valence-corrected chi connectivity index (χ3v) is 4.94. The van der Waals surface area contributed by atoms with Crippen molar-refractivity contribution in [3.8, 4) is 0 Å². The molecule has 3 nitrogen and oxygen atoms in total. The molecule has 1 fully saturated rings. The van der Waals surface area contributed by atoms with Crippen molar-refractivity contribution >= 4 is 17.4 Å². The Kier molecular flexibility index (Phi) is 5.90. The van der Waals surface area contributed by atoms with Crippen LogP contribution in [-0.4, -0.2) is 43.9 Å². The molecule has 1 heterocycles. The third kappa shape index (κ3) is 4.59. The van der Waals surface area contributed by atoms with E-state index >= 15 is 0 Å². The van der Waals surface area contributed by atoms with Crippen molar-refractivity contribution in [2.45, 2.75) is 25.1 Å². The van der Waals surface area contributed by atoms with Gasteiger partial charge in [0.05, 0.1) is 6.61 Å². The lowest BCUT2D eigenvalue weighted by molar-refractivity contribution is 0.199. The molecule has 0 spiro atoms. The van der Waals surface area contributed by atoms with Crippen LogP contribution in [0.15, 0.2) is 18.2 Å². The number of halogens is 1. The third-order valence-electron chi connectivity index (χ3n) is 3.65. The smallest absolute Gasteiger partial charge is 0.129 e. The molecule has 1 aliphatic heterocycles. The zero-order chi connectivity index (χ0) is 15.3. The minimum Gasteiger partial charge on any atom is -0.383 e. The van der Waals surface area contributed by atoms with Gasteiger partial charge in [-0.05, 0) is 26.0 Å². The number of hydrogen-bond acceptors (Lipinski definition) is 4. The van der Waals surface area contributed by atoms with Gasteiger partial charge >= 0.3 is 0 Å². The maximum absolute atomic E-state index is 14.2. The predicted molar refractivity (Wildman–Crippen MR) is 88.7 cm³/mol. The minimum atomic E-state index is -0.131. The summed E-state index contributed by atoms with van der Waals surface area (Å²) < 4.78 is 19.4. The molecule has 0 bridgehead atoms. The van der Waals surface area contributed by atoms with Crippen molar-refractivity contribution in [3.63, 3.8) is 0 Å². The highest BCUT2D eigenvalue weighted by atomic mass is 32.2. The fraction of sp³-hybridized carbons (Fsp3) is 0.625. The van der Waals surface area contributed by atoms with Gasteiger partial charge in [-0.2, -0.15) is 11.8 Å². The van der Waals surface area contributed by atoms with Crippen LogP contribution in [0.1, 0.15) is 19.4 Å². The Hall–Kier alpha value is -0.780. The number of anilines is 1. The lowest BCUT2D eigenvalue weighted by atomic mass is 10.1. The second-order valence-electron chi connectivity index (χ2n) is 5.94. The van der Waals surface area contributed by atoms with Crippen LogP contribution in [-0.2, 0) is 11.3 Å². The summed E-state index contributed by atoms with van der Waals surface area (Å²) in [6, 6.07) is 5.38. The van der Waals surface area contributed by atoms with Gasteiger partial charge in [0.15, 0.2) is 0 Å². The van der Waals surface area contributed by atoms with Gasteiger partial charge in [0, 0.05) is 55.0 Å². The molecular weight excluding hydrogens is 287 g/mol. The molecule has 1 aliphatic rings. The molecule has 1 N–H and O–H groups in total. The topological polar surface area (TPSA) is 24.5 Å². The van der Waals surface area contributed by atoms with E-state index in [1.165, 1.54) is 0 Å². The highest BCUT2D eigenvalue weighted by Gasteiger charge is 2.28. The molecular formula is C16H25FN2OS. The van der Waals surface area contributed by atoms with Crippen LogP contribution in [0.2, 0.25) is 0 Å². The molecule has 0 aromatic heterocycles. The maximum atomic E-state index is 14.2. The van der Waals surface area contributed by atoms with E-state index in [1.807, 2.05) is 17.8 Å². The fourth-order valence-corrected chi connectivity index (χ4v) is 3.74. The van der Waals surface area contributed by atoms with E-state index in [0.717, 1.165) is 36.6 Å². The van der Waals surface area contributed by atoms with E-state index in [4.69, 9.17) is 4.74 Å². The standard InChI is InChI=1S/C16H25FN2OS/c1-16(2)12-19(8-10-21-16)15-6-4-5-14(17)13(15)11-18-7-9-20-3/h4-6,18H,7-12H2,1-3H3. The van der Waals surface area contributed by atoms with Gasteiger partial charge in [0.25, 0.3) is 0 Å². The van der Waals surface area contributed by atoms with Gasteiger partial charge in [0.1, 0.15) is 5.82 Å². The van der Waals surface area contributed by atoms with Crippen LogP contribution in [0, 0.1) is 5.82 Å². The van der Waals surface area contributed by atoms with Gasteiger partial charge < -0.3 is 15.0 Å². The van der Waals surface area contributed by atoms with Crippen molar-refractivity contribution in [2.24, 2.45) is 0 Å². The molecule has 2 rings (SSSR count). The molecule has 0 amide bonds. The van der Waals surface area contributed by atoms with Crippen LogP contribution in [0.4, 0.5) is 10.1 Å². The summed E-state index contributed by atoms with van der Waals surface area (Å²) in [7, 11) is 1.67. The second-order valence-corrected chi connectivity index (χ2v) is 7.74. The summed E-state index contributed by atoms with van der Waals surface area (Å²) in [4.78, 5) is 2.31. The molecule has 0 aliphatic carbocycles. The minimum absolute atomic E-state index is 0.131. The number of methoxy groups -OCH3 is 1. The van der Waals surface area contributed by atoms with E-state index in [1.54, 1.807) is 19.2 Å². The number of hydrogen-bond donors (Lipinski definition) is 1. The van der Waals surface area contributed by atoms with Crippen molar-refractivity contribution in [1.29, 1.82) is 0 Å². The average molecular weight is 312 g/mol. The summed E-state index contributed by atoms with van der Waals surface area (Å²) in [5.74, 6) is 0.952. The summed E-state index contributed by atoms with van der Waals surface area (Å²) in [5.41, 5.74) is 1.78. The molecule has 0 unspecified atom stereocenters. The molecule has 21 heavy (non-hydrogen) atoms. The Bertz CT molecular complexity index is 468. The van der Waals surface area contributed by atoms with Crippen LogP contribution in [0.5, 0.6) is 0 Å². The summed E-state index contributed by atoms with van der Waals surface area (Å²) in [5, 5.41) is 3.25. The van der Waals surface area contributed by atoms with Crippen LogP contribution in [0.25, 0.3) is 0 Å². The Morgan fingerprint density at radius 2 is 2.24 bits per heavy atom. The highest BCUT2D eigenvalue weighted by molar-refractivity contribution is 8.00. The summed E-state index contributed by atoms with van der Waals surface area (Å²) in [6.45, 7) is 8.33. The Labute approximate surface area is 131 Å². The molecule has 0 saturated carbocycles. The van der Waals surface area contributed by atoms with E-state index in [-0.39, 0.29) is 10.6 Å². The Morgan fingerprint density at radius 1 is 1.43 bits per heavy atom. The zero-order valence-electron chi connectivity index (χ0n) is 13.1. The second kappa shape index (κ2) is 7.47. The highest BCUT2D eigenvalue weighted by Crippen LogP contribution is 2.34. The largest absolute Gasteiger partial charge is 0.383 e. The van der Waals surface area contributed by atoms with E-state index in [2.05, 4.69) is 24.1 Å². The number of nitrogens with zero attached hydrogens (tertiary/aromatic N) is 1. The molecule has 1 aromatic carbocycles. The number of ether oxygens (including phenoxy) is 1. The first-order chi connectivity index (χ1) is 10.0. The fourth-order valence-electron chi connectivity index (χ4n) is 2.63. The maximum Gasteiger partial charge on any atom is 0.129 e. The first-order valence-corrected chi connectivity index (χ1v) is 8.38. The van der Waals surface area contributed by atoms with Gasteiger partial charge in [-0.25, -0.2) is 4.39 Å². The molecule has 0 radical (unpaired) electrons. The van der Waals surface area contributed by atoms with Gasteiger partial charge in [-0.15, -0.1) is 0 Å². The Balaban J connectivity index is 2.12. The van der Waals surface area contributed by atoms with Crippen LogP contribution >= 0.6 is 11.8 Å². The van der Waals surface area contributed by atoms with Gasteiger partial charge in [0.2, 0.25) is 0 Å².